The van der Waals surface area contributed by atoms with Crippen molar-refractivity contribution in [2.45, 2.75) is 26.2 Å². The number of hydrogen-bond donors (Lipinski definition) is 2. The second kappa shape index (κ2) is 7.90. The Morgan fingerprint density at radius 2 is 1.81 bits per heavy atom. The maximum Gasteiger partial charge on any atom is 0.223 e. The highest BCUT2D eigenvalue weighted by Gasteiger charge is 2.04. The lowest BCUT2D eigenvalue weighted by molar-refractivity contribution is -0.114. The molecule has 4 nitrogen and oxygen atoms in total. The van der Waals surface area contributed by atoms with Gasteiger partial charge in [0.15, 0.2) is 5.13 Å². The van der Waals surface area contributed by atoms with Crippen molar-refractivity contribution in [2.24, 2.45) is 0 Å². The zero-order chi connectivity index (χ0) is 15.1. The van der Waals surface area contributed by atoms with Crippen LogP contribution in [0.2, 0.25) is 0 Å². The molecule has 2 aromatic rings. The van der Waals surface area contributed by atoms with E-state index in [1.165, 1.54) is 29.4 Å². The first-order valence-electron chi connectivity index (χ1n) is 7.12. The molecule has 0 saturated heterocycles. The van der Waals surface area contributed by atoms with Crippen molar-refractivity contribution >= 4 is 22.4 Å². The summed E-state index contributed by atoms with van der Waals surface area (Å²) in [5.41, 5.74) is 3.70. The number of thiazole rings is 1. The molecule has 0 bridgehead atoms. The molecule has 21 heavy (non-hydrogen) atoms. The number of hydrogen-bond acceptors (Lipinski definition) is 4. The van der Waals surface area contributed by atoms with Crippen LogP contribution < -0.4 is 10.6 Å². The van der Waals surface area contributed by atoms with E-state index in [2.05, 4.69) is 39.9 Å². The number of benzene rings is 1. The number of carbonyl (C=O) groups excluding carboxylic acids is 1. The third-order valence-electron chi connectivity index (χ3n) is 3.19. The summed E-state index contributed by atoms with van der Waals surface area (Å²) < 4.78 is 0. The molecular formula is C16H21N3OS. The van der Waals surface area contributed by atoms with Gasteiger partial charge in [-0.25, -0.2) is 4.98 Å². The van der Waals surface area contributed by atoms with Gasteiger partial charge in [-0.05, 0) is 44.0 Å². The summed E-state index contributed by atoms with van der Waals surface area (Å²) in [7, 11) is 1.97. The Balaban J connectivity index is 1.84. The van der Waals surface area contributed by atoms with Gasteiger partial charge in [-0.3, -0.25) is 4.79 Å². The van der Waals surface area contributed by atoms with Crippen LogP contribution in [0.15, 0.2) is 29.6 Å². The monoisotopic (exact) mass is 303 g/mol. The predicted octanol–water partition coefficient (Wildman–Crippen LogP) is 2.65. The summed E-state index contributed by atoms with van der Waals surface area (Å²) >= 11 is 1.47. The molecule has 5 heteroatoms. The summed E-state index contributed by atoms with van der Waals surface area (Å²) in [5.74, 6) is -0.0759. The summed E-state index contributed by atoms with van der Waals surface area (Å²) in [5, 5.41) is 8.56. The molecule has 1 aromatic carbocycles. The molecule has 2 rings (SSSR count). The van der Waals surface area contributed by atoms with Crippen molar-refractivity contribution in [2.75, 3.05) is 18.9 Å². The van der Waals surface area contributed by atoms with Gasteiger partial charge in [0, 0.05) is 12.3 Å². The molecule has 1 amide bonds. The Labute approximate surface area is 129 Å². The molecule has 0 saturated carbocycles. The van der Waals surface area contributed by atoms with Crippen LogP contribution in [-0.4, -0.2) is 24.5 Å². The van der Waals surface area contributed by atoms with Crippen LogP contribution in [-0.2, 0) is 24.1 Å². The number of nitrogens with zero attached hydrogens (tertiary/aromatic N) is 1. The molecule has 0 aliphatic rings. The minimum absolute atomic E-state index is 0.0759. The van der Waals surface area contributed by atoms with Crippen LogP contribution in [0.4, 0.5) is 5.13 Å². The highest BCUT2D eigenvalue weighted by Crippen LogP contribution is 2.17. The van der Waals surface area contributed by atoms with E-state index in [9.17, 15) is 4.79 Å². The third-order valence-corrected chi connectivity index (χ3v) is 4.00. The topological polar surface area (TPSA) is 54.0 Å². The Kier molecular flexibility index (Phi) is 5.90. The van der Waals surface area contributed by atoms with Crippen molar-refractivity contribution in [3.63, 3.8) is 0 Å². The molecule has 0 radical (unpaired) electrons. The molecule has 1 aromatic heterocycles. The number of aromatic nitrogens is 1. The molecule has 0 fully saturated rings. The van der Waals surface area contributed by atoms with Crippen molar-refractivity contribution in [1.29, 1.82) is 0 Å². The van der Waals surface area contributed by atoms with Crippen LogP contribution in [0.25, 0.3) is 0 Å². The quantitative estimate of drug-likeness (QED) is 0.827. The van der Waals surface area contributed by atoms with E-state index in [-0.39, 0.29) is 5.91 Å². The molecule has 0 aliphatic heterocycles. The van der Waals surface area contributed by atoms with Gasteiger partial charge in [-0.1, -0.05) is 24.3 Å². The van der Waals surface area contributed by atoms with Crippen LogP contribution in [0.5, 0.6) is 0 Å². The van der Waals surface area contributed by atoms with E-state index in [1.807, 2.05) is 12.4 Å². The molecule has 1 heterocycles. The molecule has 0 atom stereocenters. The maximum absolute atomic E-state index is 11.0. The van der Waals surface area contributed by atoms with E-state index in [4.69, 9.17) is 0 Å². The number of amides is 1. The van der Waals surface area contributed by atoms with Gasteiger partial charge in [0.1, 0.15) is 0 Å². The highest BCUT2D eigenvalue weighted by atomic mass is 32.1. The third kappa shape index (κ3) is 5.28. The van der Waals surface area contributed by atoms with Gasteiger partial charge in [0.05, 0.1) is 5.69 Å². The van der Waals surface area contributed by atoms with Crippen molar-refractivity contribution in [1.82, 2.24) is 10.3 Å². The number of nitrogens with one attached hydrogen (secondary N) is 2. The van der Waals surface area contributed by atoms with Gasteiger partial charge in [-0.2, -0.15) is 0 Å². The molecule has 2 N–H and O–H groups in total. The standard InChI is InChI=1S/C16H21N3OS/c1-12(20)18-16-19-15(11-21-16)8-7-13-3-5-14(6-4-13)9-10-17-2/h3-6,11,17H,7-10H2,1-2H3,(H,18,19,20). The largest absolute Gasteiger partial charge is 0.319 e. The van der Waals surface area contributed by atoms with E-state index in [1.54, 1.807) is 0 Å². The summed E-state index contributed by atoms with van der Waals surface area (Å²) in [4.78, 5) is 15.4. The number of aryl methyl sites for hydroxylation is 2. The van der Waals surface area contributed by atoms with Crippen molar-refractivity contribution in [3.05, 3.63) is 46.5 Å². The molecule has 0 unspecified atom stereocenters. The van der Waals surface area contributed by atoms with Crippen LogP contribution >= 0.6 is 11.3 Å². The van der Waals surface area contributed by atoms with Gasteiger partial charge in [0.25, 0.3) is 0 Å². The first-order valence-corrected chi connectivity index (χ1v) is 8.00. The Morgan fingerprint density at radius 3 is 2.43 bits per heavy atom. The first-order chi connectivity index (χ1) is 10.2. The van der Waals surface area contributed by atoms with Gasteiger partial charge < -0.3 is 10.6 Å². The van der Waals surface area contributed by atoms with Crippen LogP contribution in [0, 0.1) is 0 Å². The van der Waals surface area contributed by atoms with E-state index in [0.717, 1.165) is 31.5 Å². The van der Waals surface area contributed by atoms with Crippen LogP contribution in [0.3, 0.4) is 0 Å². The summed E-state index contributed by atoms with van der Waals surface area (Å²) in [6.45, 7) is 2.50. The number of anilines is 1. The fourth-order valence-corrected chi connectivity index (χ4v) is 2.83. The summed E-state index contributed by atoms with van der Waals surface area (Å²) in [6.07, 6.45) is 2.92. The molecular weight excluding hydrogens is 282 g/mol. The fraction of sp³-hybridized carbons (Fsp3) is 0.375. The van der Waals surface area contributed by atoms with Gasteiger partial charge >= 0.3 is 0 Å². The normalized spacial score (nSPS) is 10.6. The SMILES string of the molecule is CNCCc1ccc(CCc2csc(NC(C)=O)n2)cc1. The Morgan fingerprint density at radius 1 is 1.14 bits per heavy atom. The first kappa shape index (κ1) is 15.7. The second-order valence-electron chi connectivity index (χ2n) is 5.00. The average Bonchev–Trinajstić information content (AvgIpc) is 2.91. The molecule has 0 spiro atoms. The molecule has 0 aliphatic carbocycles. The average molecular weight is 303 g/mol. The molecule has 112 valence electrons. The Hall–Kier alpha value is -1.72. The predicted molar refractivity (Wildman–Crippen MR) is 87.9 cm³/mol. The zero-order valence-electron chi connectivity index (χ0n) is 12.5. The van der Waals surface area contributed by atoms with Crippen molar-refractivity contribution in [3.8, 4) is 0 Å². The smallest absolute Gasteiger partial charge is 0.223 e. The lowest BCUT2D eigenvalue weighted by atomic mass is 10.0. The van der Waals surface area contributed by atoms with Crippen molar-refractivity contribution < 1.29 is 4.79 Å². The van der Waals surface area contributed by atoms with E-state index >= 15 is 0 Å². The van der Waals surface area contributed by atoms with Gasteiger partial charge in [-0.15, -0.1) is 11.3 Å². The highest BCUT2D eigenvalue weighted by molar-refractivity contribution is 7.13. The maximum atomic E-state index is 11.0. The number of rotatable bonds is 7. The van der Waals surface area contributed by atoms with E-state index in [0.29, 0.717) is 5.13 Å². The fourth-order valence-electron chi connectivity index (χ4n) is 2.04. The Bertz CT molecular complexity index is 577. The lowest BCUT2D eigenvalue weighted by Crippen LogP contribution is -2.10. The van der Waals surface area contributed by atoms with Crippen LogP contribution in [0.1, 0.15) is 23.7 Å². The minimum Gasteiger partial charge on any atom is -0.319 e. The van der Waals surface area contributed by atoms with E-state index < -0.39 is 0 Å². The lowest BCUT2D eigenvalue weighted by Gasteiger charge is -2.03. The van der Waals surface area contributed by atoms with Gasteiger partial charge in [0.2, 0.25) is 5.91 Å². The number of likely N-dealkylation sites (N-methyl/N-ethyl adjacent to an activating group) is 1. The number of carbonyl (C=O) groups is 1. The zero-order valence-corrected chi connectivity index (χ0v) is 13.3. The summed E-state index contributed by atoms with van der Waals surface area (Å²) in [6, 6.07) is 8.76. The second-order valence-corrected chi connectivity index (χ2v) is 5.85. The minimum atomic E-state index is -0.0759.